The Labute approximate surface area is 162 Å². The molecule has 2 atom stereocenters. The third kappa shape index (κ3) is 3.85. The second-order valence-electron chi connectivity index (χ2n) is 6.73. The average molecular weight is 408 g/mol. The number of morpholine rings is 1. The Balaban J connectivity index is 1.50. The molecule has 0 spiro atoms. The molecule has 1 N–H and O–H groups in total. The molecule has 1 saturated heterocycles. The summed E-state index contributed by atoms with van der Waals surface area (Å²) in [6.07, 6.45) is 5.86. The minimum absolute atomic E-state index is 0.0629. The Morgan fingerprint density at radius 2 is 2.00 bits per heavy atom. The molecule has 1 aliphatic carbocycles. The van der Waals surface area contributed by atoms with Gasteiger partial charge in [-0.3, -0.25) is 9.52 Å². The molecule has 1 aromatic carbocycles. The van der Waals surface area contributed by atoms with Crippen molar-refractivity contribution in [3.05, 3.63) is 41.4 Å². The van der Waals surface area contributed by atoms with Crippen LogP contribution in [-0.4, -0.2) is 49.5 Å². The maximum absolute atomic E-state index is 13.0. The number of fused-ring (bicyclic) bond motifs is 1. The average Bonchev–Trinajstić information content (AvgIpc) is 3.19. The van der Waals surface area contributed by atoms with Gasteiger partial charge >= 0.3 is 0 Å². The van der Waals surface area contributed by atoms with E-state index in [4.69, 9.17) is 4.74 Å². The van der Waals surface area contributed by atoms with E-state index in [1.54, 1.807) is 17.5 Å². The van der Waals surface area contributed by atoms with E-state index >= 15 is 0 Å². The zero-order valence-corrected chi connectivity index (χ0v) is 16.3. The lowest BCUT2D eigenvalue weighted by Crippen LogP contribution is -2.54. The minimum atomic E-state index is -3.72. The van der Waals surface area contributed by atoms with Gasteiger partial charge in [-0.1, -0.05) is 12.8 Å². The Hall–Kier alpha value is -1.97. The van der Waals surface area contributed by atoms with E-state index in [9.17, 15) is 13.2 Å². The van der Waals surface area contributed by atoms with Crippen molar-refractivity contribution < 1.29 is 17.9 Å². The van der Waals surface area contributed by atoms with Crippen LogP contribution in [0.1, 0.15) is 36.0 Å². The number of nitrogens with zero attached hydrogens (tertiary/aromatic N) is 2. The van der Waals surface area contributed by atoms with Crippen molar-refractivity contribution in [2.45, 2.75) is 42.7 Å². The fourth-order valence-corrected chi connectivity index (χ4v) is 5.53. The number of amides is 1. The molecule has 27 heavy (non-hydrogen) atoms. The Morgan fingerprint density at radius 3 is 2.74 bits per heavy atom. The number of rotatable bonds is 4. The number of hydrogen-bond donors (Lipinski definition) is 1. The van der Waals surface area contributed by atoms with Gasteiger partial charge in [-0.15, -0.1) is 11.3 Å². The molecule has 144 valence electrons. The molecule has 9 heteroatoms. The van der Waals surface area contributed by atoms with Crippen LogP contribution in [-0.2, 0) is 14.8 Å². The third-order valence-corrected chi connectivity index (χ3v) is 7.23. The molecule has 0 bridgehead atoms. The topological polar surface area (TPSA) is 88.6 Å². The number of sulfonamides is 1. The van der Waals surface area contributed by atoms with E-state index in [2.05, 4.69) is 9.71 Å². The van der Waals surface area contributed by atoms with Gasteiger partial charge in [-0.05, 0) is 37.1 Å². The number of hydrogen-bond acceptors (Lipinski definition) is 6. The molecule has 1 aliphatic heterocycles. The molecular formula is C18H21N3O4S2. The standard InChI is InChI=1S/C18H21N3O4S2/c22-17(21-10-11-25-16-4-2-1-3-15(16)21)13-5-7-14(8-6-13)27(23,24)20-18-19-9-12-26-18/h5-9,12,15-16H,1-4,10-11H2,(H,19,20). The molecule has 1 aromatic heterocycles. The molecule has 2 aromatic rings. The quantitative estimate of drug-likeness (QED) is 0.842. The summed E-state index contributed by atoms with van der Waals surface area (Å²) in [4.78, 5) is 18.9. The number of anilines is 1. The van der Waals surface area contributed by atoms with Crippen LogP contribution in [0.2, 0.25) is 0 Å². The zero-order chi connectivity index (χ0) is 18.9. The molecule has 2 unspecified atom stereocenters. The lowest BCUT2D eigenvalue weighted by atomic mass is 9.89. The fourth-order valence-electron chi connectivity index (χ4n) is 3.74. The molecule has 1 saturated carbocycles. The maximum atomic E-state index is 13.0. The van der Waals surface area contributed by atoms with Crippen LogP contribution in [0.4, 0.5) is 5.13 Å². The first-order valence-electron chi connectivity index (χ1n) is 8.99. The van der Waals surface area contributed by atoms with Gasteiger partial charge in [0, 0.05) is 23.7 Å². The van der Waals surface area contributed by atoms with E-state index < -0.39 is 10.0 Å². The Bertz CT molecular complexity index is 895. The minimum Gasteiger partial charge on any atom is -0.374 e. The zero-order valence-electron chi connectivity index (χ0n) is 14.7. The van der Waals surface area contributed by atoms with Gasteiger partial charge in [0.1, 0.15) is 0 Å². The van der Waals surface area contributed by atoms with Crippen molar-refractivity contribution in [2.75, 3.05) is 17.9 Å². The molecule has 4 rings (SSSR count). The van der Waals surface area contributed by atoms with Crippen LogP contribution < -0.4 is 4.72 Å². The number of carbonyl (C=O) groups is 1. The fraction of sp³-hybridized carbons (Fsp3) is 0.444. The summed E-state index contributed by atoms with van der Waals surface area (Å²) in [7, 11) is -3.72. The number of ether oxygens (including phenoxy) is 1. The van der Waals surface area contributed by atoms with Gasteiger partial charge in [0.05, 0.1) is 23.6 Å². The van der Waals surface area contributed by atoms with Crippen molar-refractivity contribution in [1.29, 1.82) is 0 Å². The van der Waals surface area contributed by atoms with Gasteiger partial charge < -0.3 is 9.64 Å². The Kier molecular flexibility index (Phi) is 5.16. The predicted molar refractivity (Wildman–Crippen MR) is 102 cm³/mol. The number of benzene rings is 1. The highest BCUT2D eigenvalue weighted by Crippen LogP contribution is 2.29. The van der Waals surface area contributed by atoms with E-state index in [-0.39, 0.29) is 22.9 Å². The van der Waals surface area contributed by atoms with Crippen LogP contribution in [0.25, 0.3) is 0 Å². The van der Waals surface area contributed by atoms with E-state index in [0.717, 1.165) is 25.7 Å². The second kappa shape index (κ2) is 7.57. The summed E-state index contributed by atoms with van der Waals surface area (Å²) >= 11 is 1.21. The first kappa shape index (κ1) is 18.4. The smallest absolute Gasteiger partial charge is 0.263 e. The van der Waals surface area contributed by atoms with Crippen LogP contribution >= 0.6 is 11.3 Å². The van der Waals surface area contributed by atoms with Crippen LogP contribution in [0.15, 0.2) is 40.7 Å². The highest BCUT2D eigenvalue weighted by Gasteiger charge is 2.37. The first-order chi connectivity index (χ1) is 13.0. The molecule has 2 fully saturated rings. The largest absolute Gasteiger partial charge is 0.374 e. The van der Waals surface area contributed by atoms with Crippen LogP contribution in [0.3, 0.4) is 0 Å². The molecular weight excluding hydrogens is 386 g/mol. The van der Waals surface area contributed by atoms with E-state index in [0.29, 0.717) is 23.8 Å². The summed E-state index contributed by atoms with van der Waals surface area (Å²) < 4.78 is 33.1. The number of thiazole rings is 1. The van der Waals surface area contributed by atoms with Gasteiger partial charge in [0.2, 0.25) is 0 Å². The highest BCUT2D eigenvalue weighted by atomic mass is 32.2. The van der Waals surface area contributed by atoms with Crippen molar-refractivity contribution in [3.8, 4) is 0 Å². The van der Waals surface area contributed by atoms with E-state index in [1.165, 1.54) is 29.7 Å². The maximum Gasteiger partial charge on any atom is 0.263 e. The summed E-state index contributed by atoms with van der Waals surface area (Å²) in [5.41, 5.74) is 0.495. The molecule has 7 nitrogen and oxygen atoms in total. The Morgan fingerprint density at radius 1 is 1.22 bits per heavy atom. The van der Waals surface area contributed by atoms with Crippen molar-refractivity contribution in [1.82, 2.24) is 9.88 Å². The van der Waals surface area contributed by atoms with Crippen LogP contribution in [0, 0.1) is 0 Å². The van der Waals surface area contributed by atoms with Gasteiger partial charge in [-0.2, -0.15) is 0 Å². The SMILES string of the molecule is O=C(c1ccc(S(=O)(=O)Nc2nccs2)cc1)N1CCOC2CCCCC21. The van der Waals surface area contributed by atoms with Crippen molar-refractivity contribution in [2.24, 2.45) is 0 Å². The summed E-state index contributed by atoms with van der Waals surface area (Å²) in [5, 5.41) is 2.01. The molecule has 0 radical (unpaired) electrons. The molecule has 1 amide bonds. The van der Waals surface area contributed by atoms with Gasteiger partial charge in [0.25, 0.3) is 15.9 Å². The summed E-state index contributed by atoms with van der Waals surface area (Å²) in [5.74, 6) is -0.0629. The van der Waals surface area contributed by atoms with Gasteiger partial charge in [-0.25, -0.2) is 13.4 Å². The van der Waals surface area contributed by atoms with Crippen molar-refractivity contribution in [3.63, 3.8) is 0 Å². The van der Waals surface area contributed by atoms with Crippen molar-refractivity contribution >= 4 is 32.4 Å². The van der Waals surface area contributed by atoms with Crippen LogP contribution in [0.5, 0.6) is 0 Å². The number of nitrogens with one attached hydrogen (secondary N) is 1. The lowest BCUT2D eigenvalue weighted by molar-refractivity contribution is -0.0752. The first-order valence-corrected chi connectivity index (χ1v) is 11.4. The third-order valence-electron chi connectivity index (χ3n) is 5.06. The second-order valence-corrected chi connectivity index (χ2v) is 9.30. The number of carbonyl (C=O) groups excluding carboxylic acids is 1. The summed E-state index contributed by atoms with van der Waals surface area (Å²) in [6, 6.07) is 6.19. The monoisotopic (exact) mass is 407 g/mol. The van der Waals surface area contributed by atoms with E-state index in [1.807, 2.05) is 4.90 Å². The lowest BCUT2D eigenvalue weighted by Gasteiger charge is -2.43. The predicted octanol–water partition coefficient (Wildman–Crippen LogP) is 2.73. The normalized spacial score (nSPS) is 22.9. The number of aromatic nitrogens is 1. The highest BCUT2D eigenvalue weighted by molar-refractivity contribution is 7.93. The summed E-state index contributed by atoms with van der Waals surface area (Å²) in [6.45, 7) is 1.13. The molecule has 2 heterocycles. The molecule has 2 aliphatic rings. The van der Waals surface area contributed by atoms with Gasteiger partial charge in [0.15, 0.2) is 5.13 Å².